The number of carbonyl (C=O) groups excluding carboxylic acids is 1. The second-order valence-corrected chi connectivity index (χ2v) is 6.16. The fraction of sp³-hybridized carbons (Fsp3) is 0. The van der Waals surface area contributed by atoms with E-state index in [2.05, 4.69) is 4.74 Å². The SMILES string of the molecule is O=C(Oc1c(F)c(F)c(F)c(F)c1-c1c(F)c(F)c(F)c(F)c1F)c1cc(O)c(O)c(O)c1. The van der Waals surface area contributed by atoms with E-state index in [9.17, 15) is 59.6 Å². The molecule has 0 fully saturated rings. The second kappa shape index (κ2) is 8.11. The fourth-order valence-corrected chi connectivity index (χ4v) is 2.63. The van der Waals surface area contributed by atoms with Crippen molar-refractivity contribution in [1.82, 2.24) is 0 Å². The molecule has 174 valence electrons. The van der Waals surface area contributed by atoms with E-state index in [4.69, 9.17) is 0 Å². The van der Waals surface area contributed by atoms with Gasteiger partial charge in [-0.3, -0.25) is 0 Å². The highest BCUT2D eigenvalue weighted by Gasteiger charge is 2.36. The molecule has 0 heterocycles. The van der Waals surface area contributed by atoms with E-state index < -0.39 is 98.0 Å². The van der Waals surface area contributed by atoms with Crippen LogP contribution >= 0.6 is 0 Å². The van der Waals surface area contributed by atoms with Crippen molar-refractivity contribution in [3.63, 3.8) is 0 Å². The Balaban J connectivity index is 2.33. The summed E-state index contributed by atoms with van der Waals surface area (Å²) in [4.78, 5) is 12.2. The van der Waals surface area contributed by atoms with Crippen molar-refractivity contribution in [2.45, 2.75) is 0 Å². The topological polar surface area (TPSA) is 87.0 Å². The van der Waals surface area contributed by atoms with Gasteiger partial charge in [0.2, 0.25) is 17.5 Å². The van der Waals surface area contributed by atoms with Gasteiger partial charge in [-0.2, -0.15) is 4.39 Å². The zero-order valence-electron chi connectivity index (χ0n) is 15.2. The lowest BCUT2D eigenvalue weighted by molar-refractivity contribution is 0.0725. The Labute approximate surface area is 175 Å². The van der Waals surface area contributed by atoms with E-state index in [0.29, 0.717) is 12.1 Å². The molecular formula is C19H5F9O5. The zero-order chi connectivity index (χ0) is 24.9. The summed E-state index contributed by atoms with van der Waals surface area (Å²) in [6.45, 7) is 0. The van der Waals surface area contributed by atoms with Crippen molar-refractivity contribution in [3.05, 3.63) is 70.1 Å². The molecule has 0 aromatic heterocycles. The van der Waals surface area contributed by atoms with Crippen LogP contribution < -0.4 is 4.74 Å². The average molecular weight is 484 g/mol. The van der Waals surface area contributed by atoms with Gasteiger partial charge in [0.15, 0.2) is 57.9 Å². The number of halogens is 9. The molecule has 3 aromatic rings. The fourth-order valence-electron chi connectivity index (χ4n) is 2.63. The van der Waals surface area contributed by atoms with Crippen LogP contribution in [0.4, 0.5) is 39.5 Å². The largest absolute Gasteiger partial charge is 0.504 e. The van der Waals surface area contributed by atoms with Crippen LogP contribution in [-0.2, 0) is 0 Å². The van der Waals surface area contributed by atoms with Crippen LogP contribution in [0.25, 0.3) is 11.1 Å². The Bertz CT molecular complexity index is 1290. The third-order valence-electron chi connectivity index (χ3n) is 4.18. The lowest BCUT2D eigenvalue weighted by Crippen LogP contribution is -2.15. The number of phenols is 3. The van der Waals surface area contributed by atoms with E-state index in [1.165, 1.54) is 0 Å². The van der Waals surface area contributed by atoms with Gasteiger partial charge in [-0.15, -0.1) is 0 Å². The molecule has 3 N–H and O–H groups in total. The Kier molecular flexibility index (Phi) is 5.79. The van der Waals surface area contributed by atoms with Crippen LogP contribution in [0.3, 0.4) is 0 Å². The standard InChI is InChI=1S/C19H5F9O5/c20-8-6(9(21)12(24)14(26)11(8)23)7-10(22)13(25)15(27)16(28)18(7)33-19(32)3-1-4(29)17(31)5(30)2-3/h1-2,29-31H. The van der Waals surface area contributed by atoms with Crippen molar-refractivity contribution < 1.29 is 64.4 Å². The predicted molar refractivity (Wildman–Crippen MR) is 87.9 cm³/mol. The molecule has 0 aliphatic carbocycles. The van der Waals surface area contributed by atoms with Crippen LogP contribution in [0.5, 0.6) is 23.0 Å². The second-order valence-electron chi connectivity index (χ2n) is 6.16. The molecule has 0 atom stereocenters. The Morgan fingerprint density at radius 2 is 0.939 bits per heavy atom. The molecule has 0 unspecified atom stereocenters. The molecule has 3 aromatic carbocycles. The van der Waals surface area contributed by atoms with Gasteiger partial charge in [0.25, 0.3) is 0 Å². The number of rotatable bonds is 3. The number of esters is 1. The van der Waals surface area contributed by atoms with Crippen LogP contribution in [0, 0.1) is 52.4 Å². The van der Waals surface area contributed by atoms with Gasteiger partial charge in [-0.1, -0.05) is 0 Å². The van der Waals surface area contributed by atoms with Crippen LogP contribution in [0.1, 0.15) is 10.4 Å². The molecule has 3 rings (SSSR count). The molecule has 0 aliphatic heterocycles. The van der Waals surface area contributed by atoms with Gasteiger partial charge >= 0.3 is 5.97 Å². The summed E-state index contributed by atoms with van der Waals surface area (Å²) >= 11 is 0. The summed E-state index contributed by atoms with van der Waals surface area (Å²) in [5.74, 6) is -31.9. The van der Waals surface area contributed by atoms with Gasteiger partial charge < -0.3 is 20.1 Å². The van der Waals surface area contributed by atoms with Crippen LogP contribution in [0.2, 0.25) is 0 Å². The maximum absolute atomic E-state index is 14.4. The van der Waals surface area contributed by atoms with Crippen molar-refractivity contribution in [2.24, 2.45) is 0 Å². The molecule has 0 saturated heterocycles. The van der Waals surface area contributed by atoms with Crippen molar-refractivity contribution in [1.29, 1.82) is 0 Å². The van der Waals surface area contributed by atoms with Crippen molar-refractivity contribution in [3.8, 4) is 34.1 Å². The molecule has 14 heteroatoms. The maximum atomic E-state index is 14.4. The molecule has 0 bridgehead atoms. The van der Waals surface area contributed by atoms with E-state index in [1.807, 2.05) is 0 Å². The van der Waals surface area contributed by atoms with E-state index in [0.717, 1.165) is 0 Å². The minimum absolute atomic E-state index is 0.379. The minimum atomic E-state index is -2.75. The number of hydrogen-bond donors (Lipinski definition) is 3. The van der Waals surface area contributed by atoms with Gasteiger partial charge in [0, 0.05) is 0 Å². The first kappa shape index (κ1) is 23.6. The molecule has 0 aliphatic rings. The van der Waals surface area contributed by atoms with E-state index in [1.54, 1.807) is 0 Å². The molecular weight excluding hydrogens is 479 g/mol. The van der Waals surface area contributed by atoms with Crippen LogP contribution in [-0.4, -0.2) is 21.3 Å². The number of carbonyl (C=O) groups is 1. The van der Waals surface area contributed by atoms with Crippen molar-refractivity contribution in [2.75, 3.05) is 0 Å². The minimum Gasteiger partial charge on any atom is -0.504 e. The summed E-state index contributed by atoms with van der Waals surface area (Å²) in [6, 6.07) is 0.757. The summed E-state index contributed by atoms with van der Waals surface area (Å²) in [6.07, 6.45) is 0. The molecule has 33 heavy (non-hydrogen) atoms. The third kappa shape index (κ3) is 3.62. The molecule has 0 amide bonds. The predicted octanol–water partition coefficient (Wildman–Crippen LogP) is 4.94. The summed E-state index contributed by atoms with van der Waals surface area (Å²) in [5.41, 5.74) is -5.43. The van der Waals surface area contributed by atoms with Gasteiger partial charge in [0.05, 0.1) is 16.7 Å². The normalized spacial score (nSPS) is 11.1. The molecule has 0 radical (unpaired) electrons. The summed E-state index contributed by atoms with van der Waals surface area (Å²) in [7, 11) is 0. The summed E-state index contributed by atoms with van der Waals surface area (Å²) in [5, 5.41) is 28.0. The van der Waals surface area contributed by atoms with Gasteiger partial charge in [0.1, 0.15) is 0 Å². The highest BCUT2D eigenvalue weighted by molar-refractivity contribution is 5.93. The third-order valence-corrected chi connectivity index (χ3v) is 4.18. The number of benzene rings is 3. The van der Waals surface area contributed by atoms with Crippen LogP contribution in [0.15, 0.2) is 12.1 Å². The monoisotopic (exact) mass is 484 g/mol. The number of hydrogen-bond acceptors (Lipinski definition) is 5. The highest BCUT2D eigenvalue weighted by atomic mass is 19.2. The maximum Gasteiger partial charge on any atom is 0.343 e. The molecule has 0 spiro atoms. The van der Waals surface area contributed by atoms with Gasteiger partial charge in [-0.05, 0) is 12.1 Å². The number of phenolic OH excluding ortho intramolecular Hbond substituents is 3. The van der Waals surface area contributed by atoms with Gasteiger partial charge in [-0.25, -0.2) is 39.9 Å². The summed E-state index contributed by atoms with van der Waals surface area (Å²) < 4.78 is 129. The Morgan fingerprint density at radius 3 is 1.39 bits per heavy atom. The van der Waals surface area contributed by atoms with E-state index >= 15 is 0 Å². The number of ether oxygens (including phenoxy) is 1. The van der Waals surface area contributed by atoms with Crippen molar-refractivity contribution >= 4 is 5.97 Å². The highest BCUT2D eigenvalue weighted by Crippen LogP contribution is 2.43. The first-order valence-corrected chi connectivity index (χ1v) is 8.14. The first-order valence-electron chi connectivity index (χ1n) is 8.14. The van der Waals surface area contributed by atoms with E-state index in [-0.39, 0.29) is 0 Å². The average Bonchev–Trinajstić information content (AvgIpc) is 2.78. The zero-order valence-corrected chi connectivity index (χ0v) is 15.2. The quantitative estimate of drug-likeness (QED) is 0.123. The Hall–Kier alpha value is -4.10. The smallest absolute Gasteiger partial charge is 0.343 e. The first-order chi connectivity index (χ1) is 15.3. The molecule has 0 saturated carbocycles. The number of aromatic hydroxyl groups is 3. The molecule has 5 nitrogen and oxygen atoms in total. The lowest BCUT2D eigenvalue weighted by atomic mass is 10.0. The Morgan fingerprint density at radius 1 is 0.576 bits per heavy atom. The lowest BCUT2D eigenvalue weighted by Gasteiger charge is -2.16.